The largest absolute Gasteiger partial charge is 0.346 e. The molecule has 0 heterocycles. The standard InChI is InChI=1S/C16H14ClNS2/c1-12(11-20-15-5-3-2-4-6-15)16(19)18-14-9-7-13(17)8-10-14/h2-11H,1H3,(H,18,19)/b12-11+. The fraction of sp³-hybridized carbons (Fsp3) is 0.0625. The van der Waals surface area contributed by atoms with E-state index >= 15 is 0 Å². The lowest BCUT2D eigenvalue weighted by Crippen LogP contribution is -2.09. The molecule has 4 heteroatoms. The highest BCUT2D eigenvalue weighted by atomic mass is 35.5. The molecule has 0 aliphatic carbocycles. The van der Waals surface area contributed by atoms with Crippen molar-refractivity contribution in [3.05, 3.63) is 70.6 Å². The van der Waals surface area contributed by atoms with Crippen molar-refractivity contribution in [2.75, 3.05) is 5.32 Å². The summed E-state index contributed by atoms with van der Waals surface area (Å²) in [6.07, 6.45) is 0. The van der Waals surface area contributed by atoms with Crippen molar-refractivity contribution in [2.45, 2.75) is 11.8 Å². The number of rotatable bonds is 4. The van der Waals surface area contributed by atoms with E-state index in [9.17, 15) is 0 Å². The van der Waals surface area contributed by atoms with Gasteiger partial charge in [0.15, 0.2) is 0 Å². The van der Waals surface area contributed by atoms with Crippen LogP contribution in [0.2, 0.25) is 5.02 Å². The van der Waals surface area contributed by atoms with Crippen LogP contribution in [0.15, 0.2) is 70.5 Å². The monoisotopic (exact) mass is 319 g/mol. The minimum atomic E-state index is 0.716. The molecule has 0 saturated carbocycles. The zero-order valence-electron chi connectivity index (χ0n) is 11.0. The Kier molecular flexibility index (Phi) is 5.65. The van der Waals surface area contributed by atoms with Gasteiger partial charge in [0.1, 0.15) is 4.99 Å². The second-order valence-electron chi connectivity index (χ2n) is 4.19. The van der Waals surface area contributed by atoms with E-state index in [2.05, 4.69) is 22.9 Å². The molecule has 2 rings (SSSR count). The summed E-state index contributed by atoms with van der Waals surface area (Å²) >= 11 is 12.9. The third-order valence-corrected chi connectivity index (χ3v) is 4.27. The summed E-state index contributed by atoms with van der Waals surface area (Å²) in [5, 5.41) is 5.97. The Hall–Kier alpha value is -1.29. The van der Waals surface area contributed by atoms with Crippen LogP contribution in [-0.2, 0) is 0 Å². The first-order valence-corrected chi connectivity index (χ1v) is 7.77. The van der Waals surface area contributed by atoms with Crippen LogP contribution >= 0.6 is 35.6 Å². The fourth-order valence-corrected chi connectivity index (χ4v) is 2.59. The van der Waals surface area contributed by atoms with E-state index in [1.54, 1.807) is 11.8 Å². The lowest BCUT2D eigenvalue weighted by molar-refractivity contribution is 1.47. The maximum atomic E-state index is 5.85. The van der Waals surface area contributed by atoms with Gasteiger partial charge in [-0.3, -0.25) is 0 Å². The summed E-state index contributed by atoms with van der Waals surface area (Å²) in [4.78, 5) is 1.91. The van der Waals surface area contributed by atoms with Crippen molar-refractivity contribution in [2.24, 2.45) is 0 Å². The number of thioether (sulfide) groups is 1. The van der Waals surface area contributed by atoms with Gasteiger partial charge >= 0.3 is 0 Å². The minimum absolute atomic E-state index is 0.716. The number of halogens is 1. The zero-order chi connectivity index (χ0) is 14.4. The first kappa shape index (κ1) is 15.1. The number of anilines is 1. The van der Waals surface area contributed by atoms with Gasteiger partial charge in [-0.2, -0.15) is 0 Å². The summed E-state index contributed by atoms with van der Waals surface area (Å²) in [6.45, 7) is 2.00. The maximum absolute atomic E-state index is 5.85. The van der Waals surface area contributed by atoms with Crippen LogP contribution in [0.5, 0.6) is 0 Å². The molecule has 0 bridgehead atoms. The third-order valence-electron chi connectivity index (χ3n) is 2.58. The van der Waals surface area contributed by atoms with E-state index in [0.29, 0.717) is 5.02 Å². The molecule has 0 unspecified atom stereocenters. The van der Waals surface area contributed by atoms with E-state index in [1.807, 2.05) is 49.4 Å². The molecule has 0 atom stereocenters. The molecule has 0 radical (unpaired) electrons. The second-order valence-corrected chi connectivity index (χ2v) is 5.98. The number of hydrogen-bond donors (Lipinski definition) is 1. The van der Waals surface area contributed by atoms with E-state index in [4.69, 9.17) is 23.8 Å². The van der Waals surface area contributed by atoms with Crippen LogP contribution in [0.4, 0.5) is 5.69 Å². The van der Waals surface area contributed by atoms with E-state index in [-0.39, 0.29) is 0 Å². The highest BCUT2D eigenvalue weighted by Gasteiger charge is 2.01. The van der Waals surface area contributed by atoms with Crippen molar-refractivity contribution >= 4 is 46.3 Å². The summed E-state index contributed by atoms with van der Waals surface area (Å²) in [5.74, 6) is 0. The molecule has 0 aliphatic rings. The molecule has 1 nitrogen and oxygen atoms in total. The van der Waals surface area contributed by atoms with Gasteiger partial charge in [0, 0.05) is 15.6 Å². The number of hydrogen-bond acceptors (Lipinski definition) is 2. The Bertz CT molecular complexity index is 606. The molecule has 0 aromatic heterocycles. The number of benzene rings is 2. The highest BCUT2D eigenvalue weighted by molar-refractivity contribution is 8.02. The molecule has 20 heavy (non-hydrogen) atoms. The van der Waals surface area contributed by atoms with Gasteiger partial charge in [-0.05, 0) is 54.3 Å². The van der Waals surface area contributed by atoms with Crippen LogP contribution in [0.3, 0.4) is 0 Å². The Morgan fingerprint density at radius 3 is 2.40 bits per heavy atom. The van der Waals surface area contributed by atoms with Gasteiger partial charge in [-0.25, -0.2) is 0 Å². The Morgan fingerprint density at radius 1 is 1.10 bits per heavy atom. The van der Waals surface area contributed by atoms with E-state index in [1.165, 1.54) is 4.90 Å². The Balaban J connectivity index is 1.96. The zero-order valence-corrected chi connectivity index (χ0v) is 13.4. The molecule has 0 spiro atoms. The minimum Gasteiger partial charge on any atom is -0.346 e. The van der Waals surface area contributed by atoms with Gasteiger partial charge in [0.2, 0.25) is 0 Å². The smallest absolute Gasteiger partial charge is 0.107 e. The maximum Gasteiger partial charge on any atom is 0.107 e. The first-order chi connectivity index (χ1) is 9.65. The van der Waals surface area contributed by atoms with Gasteiger partial charge < -0.3 is 5.32 Å². The third kappa shape index (κ3) is 4.67. The molecule has 1 N–H and O–H groups in total. The fourth-order valence-electron chi connectivity index (χ4n) is 1.47. The quantitative estimate of drug-likeness (QED) is 0.436. The summed E-state index contributed by atoms with van der Waals surface area (Å²) < 4.78 is 0. The molecule has 0 aliphatic heterocycles. The number of thiocarbonyl (C=S) groups is 1. The van der Waals surface area contributed by atoms with Gasteiger partial charge in [0.25, 0.3) is 0 Å². The number of nitrogens with one attached hydrogen (secondary N) is 1. The van der Waals surface area contributed by atoms with Crippen LogP contribution in [0.25, 0.3) is 0 Å². The highest BCUT2D eigenvalue weighted by Crippen LogP contribution is 2.21. The van der Waals surface area contributed by atoms with Crippen LogP contribution < -0.4 is 5.32 Å². The summed E-state index contributed by atoms with van der Waals surface area (Å²) in [6, 6.07) is 17.7. The molecule has 2 aromatic rings. The van der Waals surface area contributed by atoms with Gasteiger partial charge in [-0.1, -0.05) is 53.8 Å². The predicted molar refractivity (Wildman–Crippen MR) is 93.7 cm³/mol. The normalized spacial score (nSPS) is 11.2. The lowest BCUT2D eigenvalue weighted by atomic mass is 10.3. The van der Waals surface area contributed by atoms with Gasteiger partial charge in [0.05, 0.1) is 0 Å². The Morgan fingerprint density at radius 2 is 1.75 bits per heavy atom. The molecule has 102 valence electrons. The summed E-state index contributed by atoms with van der Waals surface area (Å²) in [7, 11) is 0. The van der Waals surface area contributed by atoms with E-state index in [0.717, 1.165) is 16.2 Å². The van der Waals surface area contributed by atoms with Crippen molar-refractivity contribution in [3.8, 4) is 0 Å². The molecule has 0 amide bonds. The molecule has 0 fully saturated rings. The van der Waals surface area contributed by atoms with Crippen LogP contribution in [-0.4, -0.2) is 4.99 Å². The van der Waals surface area contributed by atoms with Crippen LogP contribution in [0, 0.1) is 0 Å². The lowest BCUT2D eigenvalue weighted by Gasteiger charge is -2.08. The van der Waals surface area contributed by atoms with Crippen molar-refractivity contribution in [3.63, 3.8) is 0 Å². The predicted octanol–water partition coefficient (Wildman–Crippen LogP) is 5.78. The van der Waals surface area contributed by atoms with Gasteiger partial charge in [-0.15, -0.1) is 0 Å². The Labute approximate surface area is 134 Å². The molecule has 2 aromatic carbocycles. The topological polar surface area (TPSA) is 12.0 Å². The first-order valence-electron chi connectivity index (χ1n) is 6.10. The van der Waals surface area contributed by atoms with Crippen molar-refractivity contribution in [1.29, 1.82) is 0 Å². The van der Waals surface area contributed by atoms with E-state index < -0.39 is 0 Å². The summed E-state index contributed by atoms with van der Waals surface area (Å²) in [5.41, 5.74) is 1.97. The molecular formula is C16H14ClNS2. The second kappa shape index (κ2) is 7.48. The van der Waals surface area contributed by atoms with Crippen molar-refractivity contribution in [1.82, 2.24) is 0 Å². The average Bonchev–Trinajstić information content (AvgIpc) is 2.48. The van der Waals surface area contributed by atoms with Crippen molar-refractivity contribution < 1.29 is 0 Å². The SMILES string of the molecule is C/C(=C\Sc1ccccc1)C(=S)Nc1ccc(Cl)cc1. The molecule has 0 saturated heterocycles. The van der Waals surface area contributed by atoms with Crippen LogP contribution in [0.1, 0.15) is 6.92 Å². The average molecular weight is 320 g/mol. The molecular weight excluding hydrogens is 306 g/mol.